The molecular formula is C25H23FN4O3. The molecule has 0 atom stereocenters. The highest BCUT2D eigenvalue weighted by Gasteiger charge is 2.27. The van der Waals surface area contributed by atoms with Gasteiger partial charge in [-0.15, -0.1) is 0 Å². The Kier molecular flexibility index (Phi) is 5.50. The average Bonchev–Trinajstić information content (AvgIpc) is 3.22. The largest absolute Gasteiger partial charge is 0.481 e. The molecule has 8 heteroatoms. The van der Waals surface area contributed by atoms with Gasteiger partial charge in [-0.05, 0) is 68.5 Å². The number of aromatic amines is 1. The minimum absolute atomic E-state index is 0.0298. The molecule has 0 unspecified atom stereocenters. The van der Waals surface area contributed by atoms with E-state index >= 15 is 0 Å². The van der Waals surface area contributed by atoms with Gasteiger partial charge in [0.1, 0.15) is 23.3 Å². The van der Waals surface area contributed by atoms with E-state index in [4.69, 9.17) is 9.84 Å². The standard InChI is InChI=1S/C25H23FN4O3/c1-14-2-10-21-24(28-14)30-23(29-21)19-9-5-16(12-20(19)26)17-6-11-22(27-13-17)33-18-7-3-15(4-8-18)25(31)32/h2,5-6,9-13,15,18H,3-4,7-8H2,1H3,(H,31,32)(H,28,29,30). The number of nitrogens with zero attached hydrogens (tertiary/aromatic N) is 3. The monoisotopic (exact) mass is 446 g/mol. The molecule has 0 spiro atoms. The summed E-state index contributed by atoms with van der Waals surface area (Å²) in [5.74, 6) is -0.482. The van der Waals surface area contributed by atoms with Gasteiger partial charge in [0, 0.05) is 23.5 Å². The molecule has 33 heavy (non-hydrogen) atoms. The first-order valence-corrected chi connectivity index (χ1v) is 11.0. The van der Waals surface area contributed by atoms with Crippen molar-refractivity contribution in [1.29, 1.82) is 0 Å². The van der Waals surface area contributed by atoms with Crippen LogP contribution in [0.3, 0.4) is 0 Å². The van der Waals surface area contributed by atoms with Gasteiger partial charge in [-0.3, -0.25) is 4.79 Å². The number of imidazole rings is 1. The number of H-pyrrole nitrogens is 1. The number of hydrogen-bond donors (Lipinski definition) is 2. The first kappa shape index (κ1) is 21.1. The maximum absolute atomic E-state index is 14.9. The summed E-state index contributed by atoms with van der Waals surface area (Å²) in [6, 6.07) is 12.3. The Hall–Kier alpha value is -3.81. The third-order valence-electron chi connectivity index (χ3n) is 6.09. The molecule has 0 amide bonds. The number of carboxylic acids is 1. The number of pyridine rings is 2. The van der Waals surface area contributed by atoms with E-state index in [1.54, 1.807) is 18.3 Å². The Bertz CT molecular complexity index is 1310. The van der Waals surface area contributed by atoms with Gasteiger partial charge >= 0.3 is 5.97 Å². The Morgan fingerprint density at radius 3 is 2.55 bits per heavy atom. The second-order valence-corrected chi connectivity index (χ2v) is 8.42. The van der Waals surface area contributed by atoms with Gasteiger partial charge in [-0.2, -0.15) is 0 Å². The molecule has 1 saturated carbocycles. The summed E-state index contributed by atoms with van der Waals surface area (Å²) in [4.78, 5) is 27.4. The highest BCUT2D eigenvalue weighted by Crippen LogP contribution is 2.30. The minimum Gasteiger partial charge on any atom is -0.481 e. The fourth-order valence-electron chi connectivity index (χ4n) is 4.23. The van der Waals surface area contributed by atoms with Crippen LogP contribution in [-0.4, -0.2) is 37.1 Å². The van der Waals surface area contributed by atoms with Gasteiger partial charge in [-0.25, -0.2) is 19.3 Å². The number of benzene rings is 1. The molecule has 0 radical (unpaired) electrons. The van der Waals surface area contributed by atoms with Crippen molar-refractivity contribution in [3.05, 3.63) is 60.2 Å². The molecule has 5 rings (SSSR count). The number of hydrogen-bond acceptors (Lipinski definition) is 5. The molecule has 168 valence electrons. The number of nitrogens with one attached hydrogen (secondary N) is 1. The summed E-state index contributed by atoms with van der Waals surface area (Å²) < 4.78 is 20.9. The minimum atomic E-state index is -0.735. The normalized spacial score (nSPS) is 18.4. The predicted octanol–water partition coefficient (Wildman–Crippen LogP) is 5.16. The van der Waals surface area contributed by atoms with Gasteiger partial charge in [0.2, 0.25) is 5.88 Å². The van der Waals surface area contributed by atoms with Crippen molar-refractivity contribution < 1.29 is 19.0 Å². The summed E-state index contributed by atoms with van der Waals surface area (Å²) in [5.41, 5.74) is 4.02. The van der Waals surface area contributed by atoms with Crippen molar-refractivity contribution >= 4 is 17.1 Å². The van der Waals surface area contributed by atoms with Crippen LogP contribution in [0.15, 0.2) is 48.7 Å². The molecule has 2 N–H and O–H groups in total. The summed E-state index contributed by atoms with van der Waals surface area (Å²) >= 11 is 0. The van der Waals surface area contributed by atoms with Crippen LogP contribution in [0.25, 0.3) is 33.7 Å². The molecular weight excluding hydrogens is 423 g/mol. The molecule has 1 aliphatic rings. The van der Waals surface area contributed by atoms with Gasteiger partial charge in [0.15, 0.2) is 5.65 Å². The van der Waals surface area contributed by atoms with E-state index in [1.807, 2.05) is 31.2 Å². The second kappa shape index (κ2) is 8.61. The third-order valence-corrected chi connectivity index (χ3v) is 6.09. The quantitative estimate of drug-likeness (QED) is 0.439. The lowest BCUT2D eigenvalue weighted by atomic mass is 9.87. The van der Waals surface area contributed by atoms with Crippen LogP contribution in [0, 0.1) is 18.7 Å². The van der Waals surface area contributed by atoms with Crippen molar-refractivity contribution in [3.8, 4) is 28.4 Å². The molecule has 1 aromatic carbocycles. The summed E-state index contributed by atoms with van der Waals surface area (Å²) in [6.07, 6.45) is 4.25. The van der Waals surface area contributed by atoms with Crippen LogP contribution in [0.5, 0.6) is 5.88 Å². The van der Waals surface area contributed by atoms with Crippen molar-refractivity contribution in [2.45, 2.75) is 38.7 Å². The molecule has 3 heterocycles. The van der Waals surface area contributed by atoms with Gasteiger partial charge in [0.05, 0.1) is 11.5 Å². The van der Waals surface area contributed by atoms with Gasteiger partial charge < -0.3 is 14.8 Å². The maximum Gasteiger partial charge on any atom is 0.306 e. The topological polar surface area (TPSA) is 101 Å². The Labute approximate surface area is 189 Å². The molecule has 1 fully saturated rings. The zero-order valence-corrected chi connectivity index (χ0v) is 18.1. The highest BCUT2D eigenvalue weighted by atomic mass is 19.1. The molecule has 0 aliphatic heterocycles. The number of ether oxygens (including phenoxy) is 1. The SMILES string of the molecule is Cc1ccc2nc(-c3ccc(-c4ccc(OC5CCC(C(=O)O)CC5)nc4)cc3F)[nH]c2n1. The zero-order valence-electron chi connectivity index (χ0n) is 18.1. The Morgan fingerprint density at radius 1 is 1.06 bits per heavy atom. The number of aryl methyl sites for hydroxylation is 1. The number of aromatic nitrogens is 4. The lowest BCUT2D eigenvalue weighted by Crippen LogP contribution is -2.28. The summed E-state index contributed by atoms with van der Waals surface area (Å²) in [5, 5.41) is 9.11. The van der Waals surface area contributed by atoms with Crippen LogP contribution < -0.4 is 4.74 Å². The molecule has 3 aromatic heterocycles. The molecule has 0 bridgehead atoms. The second-order valence-electron chi connectivity index (χ2n) is 8.42. The van der Waals surface area contributed by atoms with Crippen LogP contribution in [-0.2, 0) is 4.79 Å². The highest BCUT2D eigenvalue weighted by molar-refractivity contribution is 5.77. The van der Waals surface area contributed by atoms with Gasteiger partial charge in [0.25, 0.3) is 0 Å². The lowest BCUT2D eigenvalue weighted by Gasteiger charge is -2.26. The fourth-order valence-corrected chi connectivity index (χ4v) is 4.23. The number of aliphatic carboxylic acids is 1. The summed E-state index contributed by atoms with van der Waals surface area (Å²) in [7, 11) is 0. The number of fused-ring (bicyclic) bond motifs is 1. The zero-order chi connectivity index (χ0) is 22.9. The smallest absolute Gasteiger partial charge is 0.306 e. The van der Waals surface area contributed by atoms with Gasteiger partial charge in [-0.1, -0.05) is 6.07 Å². The van der Waals surface area contributed by atoms with E-state index in [0.717, 1.165) is 11.3 Å². The average molecular weight is 446 g/mol. The first-order chi connectivity index (χ1) is 16.0. The number of halogens is 1. The third kappa shape index (κ3) is 4.41. The van der Waals surface area contributed by atoms with Crippen molar-refractivity contribution in [1.82, 2.24) is 19.9 Å². The van der Waals surface area contributed by atoms with E-state index in [1.165, 1.54) is 6.07 Å². The molecule has 4 aromatic rings. The van der Waals surface area contributed by atoms with Crippen LogP contribution >= 0.6 is 0 Å². The van der Waals surface area contributed by atoms with E-state index < -0.39 is 11.8 Å². The van der Waals surface area contributed by atoms with Crippen LogP contribution in [0.4, 0.5) is 4.39 Å². The van der Waals surface area contributed by atoms with E-state index in [2.05, 4.69) is 19.9 Å². The Balaban J connectivity index is 1.29. The maximum atomic E-state index is 14.9. The predicted molar refractivity (Wildman–Crippen MR) is 121 cm³/mol. The van der Waals surface area contributed by atoms with E-state index in [0.29, 0.717) is 59.7 Å². The van der Waals surface area contributed by atoms with E-state index in [-0.39, 0.29) is 12.0 Å². The molecule has 0 saturated heterocycles. The van der Waals surface area contributed by atoms with Crippen molar-refractivity contribution in [2.75, 3.05) is 0 Å². The van der Waals surface area contributed by atoms with Crippen LogP contribution in [0.1, 0.15) is 31.4 Å². The Morgan fingerprint density at radius 2 is 1.85 bits per heavy atom. The van der Waals surface area contributed by atoms with Crippen molar-refractivity contribution in [3.63, 3.8) is 0 Å². The van der Waals surface area contributed by atoms with Crippen LogP contribution in [0.2, 0.25) is 0 Å². The van der Waals surface area contributed by atoms with Crippen molar-refractivity contribution in [2.24, 2.45) is 5.92 Å². The summed E-state index contributed by atoms with van der Waals surface area (Å²) in [6.45, 7) is 1.89. The molecule has 1 aliphatic carbocycles. The number of carbonyl (C=O) groups is 1. The number of carboxylic acid groups (broad SMARTS) is 1. The van der Waals surface area contributed by atoms with E-state index in [9.17, 15) is 9.18 Å². The first-order valence-electron chi connectivity index (χ1n) is 11.0. The lowest BCUT2D eigenvalue weighted by molar-refractivity contribution is -0.143. The number of rotatable bonds is 5. The fraction of sp³-hybridized carbons (Fsp3) is 0.280. The molecule has 7 nitrogen and oxygen atoms in total.